The maximum absolute atomic E-state index is 4.63. The average molecular weight is 356 g/mol. The third kappa shape index (κ3) is 2.46. The van der Waals surface area contributed by atoms with E-state index >= 15 is 0 Å². The van der Waals surface area contributed by atoms with Crippen LogP contribution in [0, 0.1) is 0 Å². The van der Waals surface area contributed by atoms with E-state index in [9.17, 15) is 0 Å². The lowest BCUT2D eigenvalue weighted by Gasteiger charge is -2.09. The van der Waals surface area contributed by atoms with Gasteiger partial charge in [0.25, 0.3) is 5.78 Å². The Labute approximate surface area is 152 Å². The molecule has 0 saturated heterocycles. The molecule has 0 bridgehead atoms. The second-order valence-electron chi connectivity index (χ2n) is 5.60. The van der Waals surface area contributed by atoms with Crippen molar-refractivity contribution in [3.63, 3.8) is 0 Å². The summed E-state index contributed by atoms with van der Waals surface area (Å²) in [7, 11) is 0. The lowest BCUT2D eigenvalue weighted by atomic mass is 10.1. The third-order valence-electron chi connectivity index (χ3n) is 3.98. The molecule has 5 aromatic rings. The first-order valence-electron chi connectivity index (χ1n) is 8.02. The summed E-state index contributed by atoms with van der Waals surface area (Å²) in [6.07, 6.45) is 5.49. The van der Waals surface area contributed by atoms with Crippen LogP contribution < -0.4 is 0 Å². The van der Waals surface area contributed by atoms with E-state index in [0.717, 1.165) is 27.7 Å². The molecule has 0 spiro atoms. The van der Waals surface area contributed by atoms with Gasteiger partial charge in [-0.2, -0.15) is 0 Å². The van der Waals surface area contributed by atoms with E-state index in [1.807, 2.05) is 64.5 Å². The smallest absolute Gasteiger partial charge is 0.254 e. The lowest BCUT2D eigenvalue weighted by molar-refractivity contribution is 0.967. The van der Waals surface area contributed by atoms with Gasteiger partial charge in [0.05, 0.1) is 16.3 Å². The van der Waals surface area contributed by atoms with Crippen LogP contribution >= 0.6 is 11.3 Å². The molecule has 124 valence electrons. The molecule has 0 radical (unpaired) electrons. The van der Waals surface area contributed by atoms with Gasteiger partial charge in [0.1, 0.15) is 17.1 Å². The van der Waals surface area contributed by atoms with E-state index in [1.54, 1.807) is 23.7 Å². The molecule has 0 N–H and O–H groups in total. The van der Waals surface area contributed by atoms with Gasteiger partial charge in [0.2, 0.25) is 0 Å². The molecule has 6 nitrogen and oxygen atoms in total. The Morgan fingerprint density at radius 3 is 2.27 bits per heavy atom. The summed E-state index contributed by atoms with van der Waals surface area (Å²) in [6, 6.07) is 15.6. The first-order valence-corrected chi connectivity index (χ1v) is 8.90. The van der Waals surface area contributed by atoms with Crippen LogP contribution in [0.2, 0.25) is 0 Å². The average Bonchev–Trinajstić information content (AvgIpc) is 3.38. The van der Waals surface area contributed by atoms with Crippen molar-refractivity contribution in [2.75, 3.05) is 0 Å². The molecule has 0 aromatic carbocycles. The molecule has 7 heteroatoms. The quantitative estimate of drug-likeness (QED) is 0.489. The number of rotatable bonds is 3. The summed E-state index contributed by atoms with van der Waals surface area (Å²) < 4.78 is 1.94. The predicted molar refractivity (Wildman–Crippen MR) is 101 cm³/mol. The zero-order valence-corrected chi connectivity index (χ0v) is 14.3. The molecule has 0 fully saturated rings. The van der Waals surface area contributed by atoms with Gasteiger partial charge in [0, 0.05) is 18.6 Å². The van der Waals surface area contributed by atoms with Crippen molar-refractivity contribution < 1.29 is 0 Å². The van der Waals surface area contributed by atoms with Crippen LogP contribution in [0.3, 0.4) is 0 Å². The van der Waals surface area contributed by atoms with Crippen LogP contribution in [-0.4, -0.2) is 29.5 Å². The largest absolute Gasteiger partial charge is 0.278 e. The van der Waals surface area contributed by atoms with E-state index < -0.39 is 0 Å². The van der Waals surface area contributed by atoms with Gasteiger partial charge in [-0.25, -0.2) is 4.98 Å². The summed E-state index contributed by atoms with van der Waals surface area (Å²) >= 11 is 1.64. The minimum atomic E-state index is 0.536. The lowest BCUT2D eigenvalue weighted by Crippen LogP contribution is -2.03. The minimum Gasteiger partial charge on any atom is -0.278 e. The molecular formula is C19H12N6S. The van der Waals surface area contributed by atoms with Crippen molar-refractivity contribution in [2.24, 2.45) is 0 Å². The standard InChI is InChI=1S/C19H12N6S/c1-3-9-20-13(6-1)17-18(14-7-2-4-10-21-14)25-12-15(16-8-5-11-26-16)22-19(25)24-23-17/h1-12H. The number of thiophene rings is 1. The van der Waals surface area contributed by atoms with Crippen molar-refractivity contribution in [3.8, 4) is 33.3 Å². The fraction of sp³-hybridized carbons (Fsp3) is 0. The molecule has 0 atom stereocenters. The molecule has 0 unspecified atom stereocenters. The maximum Gasteiger partial charge on any atom is 0.254 e. The number of nitrogens with zero attached hydrogens (tertiary/aromatic N) is 6. The Bertz CT molecular complexity index is 1170. The van der Waals surface area contributed by atoms with Crippen molar-refractivity contribution in [3.05, 3.63) is 72.5 Å². The fourth-order valence-corrected chi connectivity index (χ4v) is 3.51. The van der Waals surface area contributed by atoms with Crippen molar-refractivity contribution in [1.82, 2.24) is 29.5 Å². The molecule has 0 amide bonds. The van der Waals surface area contributed by atoms with Gasteiger partial charge in [-0.05, 0) is 35.7 Å². The molecule has 5 aromatic heterocycles. The number of hydrogen-bond acceptors (Lipinski definition) is 6. The SMILES string of the molecule is c1ccc(-c2nnc3nc(-c4cccs4)cn3c2-c2ccccn2)nc1. The Morgan fingerprint density at radius 1 is 0.769 bits per heavy atom. The molecule has 0 aliphatic rings. The highest BCUT2D eigenvalue weighted by Crippen LogP contribution is 2.30. The van der Waals surface area contributed by atoms with Crippen LogP contribution in [0.25, 0.3) is 39.1 Å². The zero-order valence-electron chi connectivity index (χ0n) is 13.5. The number of imidazole rings is 1. The first-order chi connectivity index (χ1) is 12.9. The zero-order chi connectivity index (χ0) is 17.3. The van der Waals surface area contributed by atoms with Gasteiger partial charge in [0.15, 0.2) is 0 Å². The maximum atomic E-state index is 4.63. The van der Waals surface area contributed by atoms with Crippen LogP contribution in [-0.2, 0) is 0 Å². The minimum absolute atomic E-state index is 0.536. The molecular weight excluding hydrogens is 344 g/mol. The van der Waals surface area contributed by atoms with E-state index in [1.165, 1.54) is 0 Å². The highest BCUT2D eigenvalue weighted by atomic mass is 32.1. The first kappa shape index (κ1) is 14.9. The number of aromatic nitrogens is 6. The van der Waals surface area contributed by atoms with E-state index in [0.29, 0.717) is 11.5 Å². The topological polar surface area (TPSA) is 68.9 Å². The normalized spacial score (nSPS) is 11.1. The second-order valence-corrected chi connectivity index (χ2v) is 6.55. The number of hydrogen-bond donors (Lipinski definition) is 0. The number of fused-ring (bicyclic) bond motifs is 1. The molecule has 26 heavy (non-hydrogen) atoms. The van der Waals surface area contributed by atoms with E-state index in [4.69, 9.17) is 0 Å². The highest BCUT2D eigenvalue weighted by molar-refractivity contribution is 7.13. The fourth-order valence-electron chi connectivity index (χ4n) is 2.83. The molecule has 0 saturated carbocycles. The van der Waals surface area contributed by atoms with Crippen molar-refractivity contribution in [1.29, 1.82) is 0 Å². The Kier molecular flexibility index (Phi) is 3.50. The molecule has 0 aliphatic heterocycles. The third-order valence-corrected chi connectivity index (χ3v) is 4.87. The predicted octanol–water partition coefficient (Wildman–Crippen LogP) is 3.98. The van der Waals surface area contributed by atoms with Crippen molar-refractivity contribution >= 4 is 17.1 Å². The summed E-state index contributed by atoms with van der Waals surface area (Å²) in [5.74, 6) is 0.536. The number of pyridine rings is 2. The Hall–Kier alpha value is -3.45. The summed E-state index contributed by atoms with van der Waals surface area (Å²) in [5.41, 5.74) is 3.90. The van der Waals surface area contributed by atoms with Crippen molar-refractivity contribution in [2.45, 2.75) is 0 Å². The van der Waals surface area contributed by atoms with Crippen LogP contribution in [0.15, 0.2) is 72.5 Å². The van der Waals surface area contributed by atoms with Gasteiger partial charge in [-0.1, -0.05) is 18.2 Å². The second kappa shape index (κ2) is 6.12. The van der Waals surface area contributed by atoms with Crippen LogP contribution in [0.1, 0.15) is 0 Å². The van der Waals surface area contributed by atoms with Gasteiger partial charge in [-0.3, -0.25) is 14.4 Å². The summed E-state index contributed by atoms with van der Waals surface area (Å²) in [5, 5.41) is 10.8. The summed E-state index contributed by atoms with van der Waals surface area (Å²) in [4.78, 5) is 14.7. The van der Waals surface area contributed by atoms with E-state index in [-0.39, 0.29) is 0 Å². The van der Waals surface area contributed by atoms with Crippen LogP contribution in [0.5, 0.6) is 0 Å². The highest BCUT2D eigenvalue weighted by Gasteiger charge is 2.18. The Balaban J connectivity index is 1.82. The van der Waals surface area contributed by atoms with Gasteiger partial charge >= 0.3 is 0 Å². The Morgan fingerprint density at radius 2 is 1.58 bits per heavy atom. The molecule has 5 rings (SSSR count). The van der Waals surface area contributed by atoms with Gasteiger partial charge < -0.3 is 0 Å². The van der Waals surface area contributed by atoms with Gasteiger partial charge in [-0.15, -0.1) is 21.5 Å². The molecule has 0 aliphatic carbocycles. The van der Waals surface area contributed by atoms with Crippen LogP contribution in [0.4, 0.5) is 0 Å². The monoisotopic (exact) mass is 356 g/mol. The summed E-state index contributed by atoms with van der Waals surface area (Å²) in [6.45, 7) is 0. The van der Waals surface area contributed by atoms with E-state index in [2.05, 4.69) is 25.1 Å². The molecule has 5 heterocycles.